The quantitative estimate of drug-likeness (QED) is 0.233. The number of hydrogen-bond acceptors (Lipinski definition) is 3. The first-order valence-electron chi connectivity index (χ1n) is 9.02. The SMILES string of the molecule is O=C(O)C(=Cc1cc(Br)c(OCc2ccccc2I)c(Br)c1)NC(=O)c1ccccc1. The van der Waals surface area contributed by atoms with Crippen molar-refractivity contribution in [1.29, 1.82) is 0 Å². The van der Waals surface area contributed by atoms with Crippen LogP contribution < -0.4 is 10.1 Å². The van der Waals surface area contributed by atoms with Crippen LogP contribution in [0, 0.1) is 3.57 Å². The number of rotatable bonds is 7. The minimum absolute atomic E-state index is 0.236. The highest BCUT2D eigenvalue weighted by molar-refractivity contribution is 14.1. The molecular weight excluding hydrogens is 641 g/mol. The molecule has 3 aromatic rings. The van der Waals surface area contributed by atoms with Gasteiger partial charge in [-0.05, 0) is 96.4 Å². The van der Waals surface area contributed by atoms with E-state index in [2.05, 4.69) is 59.8 Å². The number of carboxylic acid groups (broad SMARTS) is 1. The summed E-state index contributed by atoms with van der Waals surface area (Å²) in [5, 5.41) is 12.0. The highest BCUT2D eigenvalue weighted by Crippen LogP contribution is 2.36. The van der Waals surface area contributed by atoms with E-state index in [4.69, 9.17) is 4.74 Å². The topological polar surface area (TPSA) is 75.6 Å². The molecule has 5 nitrogen and oxygen atoms in total. The number of benzene rings is 3. The van der Waals surface area contributed by atoms with Gasteiger partial charge in [0, 0.05) is 14.7 Å². The van der Waals surface area contributed by atoms with Crippen molar-refractivity contribution in [2.75, 3.05) is 0 Å². The van der Waals surface area contributed by atoms with E-state index in [1.54, 1.807) is 42.5 Å². The minimum Gasteiger partial charge on any atom is -0.486 e. The van der Waals surface area contributed by atoms with Gasteiger partial charge >= 0.3 is 5.97 Å². The van der Waals surface area contributed by atoms with Gasteiger partial charge in [-0.25, -0.2) is 4.79 Å². The van der Waals surface area contributed by atoms with Gasteiger partial charge in [-0.15, -0.1) is 0 Å². The number of nitrogens with one attached hydrogen (secondary N) is 1. The molecule has 0 saturated carbocycles. The van der Waals surface area contributed by atoms with Gasteiger partial charge in [0.05, 0.1) is 8.95 Å². The number of aliphatic carboxylic acids is 1. The lowest BCUT2D eigenvalue weighted by Crippen LogP contribution is -2.27. The van der Waals surface area contributed by atoms with Gasteiger partial charge < -0.3 is 15.2 Å². The highest BCUT2D eigenvalue weighted by atomic mass is 127. The summed E-state index contributed by atoms with van der Waals surface area (Å²) in [7, 11) is 0. The van der Waals surface area contributed by atoms with Crippen LogP contribution in [0.2, 0.25) is 0 Å². The standard InChI is InChI=1S/C23H16Br2INO4/c24-17-10-14(11-18(25)21(17)31-13-16-8-4-5-9-19(16)26)12-20(23(29)30)27-22(28)15-6-2-1-3-7-15/h1-12H,13H2,(H,27,28)(H,29,30). The molecule has 158 valence electrons. The molecule has 0 fully saturated rings. The average molecular weight is 657 g/mol. The molecule has 0 unspecified atom stereocenters. The first-order valence-corrected chi connectivity index (χ1v) is 11.7. The Morgan fingerprint density at radius 3 is 2.23 bits per heavy atom. The third-order valence-corrected chi connectivity index (χ3v) is 6.41. The van der Waals surface area contributed by atoms with Crippen LogP contribution in [0.5, 0.6) is 5.75 Å². The number of carbonyl (C=O) groups is 2. The summed E-state index contributed by atoms with van der Waals surface area (Å²) >= 11 is 9.22. The molecule has 8 heteroatoms. The molecule has 1 amide bonds. The average Bonchev–Trinajstić information content (AvgIpc) is 2.74. The molecule has 0 atom stereocenters. The van der Waals surface area contributed by atoms with Crippen LogP contribution in [-0.2, 0) is 11.4 Å². The molecule has 2 N–H and O–H groups in total. The molecule has 0 heterocycles. The van der Waals surface area contributed by atoms with Crippen molar-refractivity contribution >= 4 is 72.4 Å². The second-order valence-corrected chi connectivity index (χ2v) is 9.25. The van der Waals surface area contributed by atoms with Crippen molar-refractivity contribution < 1.29 is 19.4 Å². The van der Waals surface area contributed by atoms with Gasteiger partial charge in [-0.1, -0.05) is 36.4 Å². The fourth-order valence-corrected chi connectivity index (χ4v) is 4.66. The van der Waals surface area contributed by atoms with Crippen LogP contribution in [0.25, 0.3) is 6.08 Å². The molecule has 3 aromatic carbocycles. The monoisotopic (exact) mass is 655 g/mol. The second kappa shape index (κ2) is 10.9. The highest BCUT2D eigenvalue weighted by Gasteiger charge is 2.15. The number of halogens is 3. The number of carboxylic acids is 1. The third-order valence-electron chi connectivity index (χ3n) is 4.18. The Morgan fingerprint density at radius 2 is 1.61 bits per heavy atom. The third kappa shape index (κ3) is 6.41. The molecule has 0 spiro atoms. The smallest absolute Gasteiger partial charge is 0.352 e. The lowest BCUT2D eigenvalue weighted by molar-refractivity contribution is -0.132. The van der Waals surface area contributed by atoms with Crippen LogP contribution in [0.4, 0.5) is 0 Å². The molecule has 0 aliphatic carbocycles. The van der Waals surface area contributed by atoms with E-state index in [9.17, 15) is 14.7 Å². The lowest BCUT2D eigenvalue weighted by Gasteiger charge is -2.13. The fraction of sp³-hybridized carbons (Fsp3) is 0.0435. The zero-order chi connectivity index (χ0) is 22.4. The molecule has 0 aliphatic rings. The van der Waals surface area contributed by atoms with Crippen LogP contribution in [-0.4, -0.2) is 17.0 Å². The molecule has 31 heavy (non-hydrogen) atoms. The molecule has 0 aliphatic heterocycles. The van der Waals surface area contributed by atoms with E-state index in [0.717, 1.165) is 9.13 Å². The maximum Gasteiger partial charge on any atom is 0.352 e. The molecule has 3 rings (SSSR count). The summed E-state index contributed by atoms with van der Waals surface area (Å²) in [6.45, 7) is 0.388. The van der Waals surface area contributed by atoms with Crippen LogP contribution in [0.15, 0.2) is 81.4 Å². The summed E-state index contributed by atoms with van der Waals surface area (Å²) in [6, 6.07) is 19.8. The van der Waals surface area contributed by atoms with Crippen LogP contribution >= 0.6 is 54.5 Å². The van der Waals surface area contributed by atoms with Crippen LogP contribution in [0.1, 0.15) is 21.5 Å². The summed E-state index contributed by atoms with van der Waals surface area (Å²) in [6.07, 6.45) is 1.39. The van der Waals surface area contributed by atoms with E-state index in [-0.39, 0.29) is 5.70 Å². The van der Waals surface area contributed by atoms with Crippen molar-refractivity contribution in [3.05, 3.63) is 102 Å². The van der Waals surface area contributed by atoms with E-state index in [1.165, 1.54) is 6.08 Å². The van der Waals surface area contributed by atoms with Crippen molar-refractivity contribution in [3.63, 3.8) is 0 Å². The molecule has 0 aromatic heterocycles. The van der Waals surface area contributed by atoms with Crippen molar-refractivity contribution in [2.24, 2.45) is 0 Å². The van der Waals surface area contributed by atoms with Crippen LogP contribution in [0.3, 0.4) is 0 Å². The number of carbonyl (C=O) groups excluding carboxylic acids is 1. The van der Waals surface area contributed by atoms with Gasteiger partial charge in [-0.3, -0.25) is 4.79 Å². The van der Waals surface area contributed by atoms with E-state index < -0.39 is 11.9 Å². The Hall–Kier alpha value is -2.17. The Labute approximate surface area is 209 Å². The Morgan fingerprint density at radius 1 is 1.00 bits per heavy atom. The van der Waals surface area contributed by atoms with Crippen molar-refractivity contribution in [3.8, 4) is 5.75 Å². The Kier molecular flexibility index (Phi) is 8.28. The summed E-state index contributed by atoms with van der Waals surface area (Å²) < 4.78 is 8.37. The van der Waals surface area contributed by atoms with Gasteiger partial charge in [0.2, 0.25) is 0 Å². The predicted octanol–water partition coefficient (Wildman–Crippen LogP) is 6.25. The number of hydrogen-bond donors (Lipinski definition) is 2. The van der Waals surface area contributed by atoms with E-state index in [0.29, 0.717) is 32.4 Å². The first-order chi connectivity index (χ1) is 14.8. The van der Waals surface area contributed by atoms with Gasteiger partial charge in [0.15, 0.2) is 0 Å². The minimum atomic E-state index is -1.24. The largest absolute Gasteiger partial charge is 0.486 e. The van der Waals surface area contributed by atoms with Crippen molar-refractivity contribution in [1.82, 2.24) is 5.32 Å². The van der Waals surface area contributed by atoms with Crippen molar-refractivity contribution in [2.45, 2.75) is 6.61 Å². The summed E-state index contributed by atoms with van der Waals surface area (Å²) in [5.74, 6) is -1.14. The molecule has 0 bridgehead atoms. The zero-order valence-corrected chi connectivity index (χ0v) is 21.3. The van der Waals surface area contributed by atoms with Gasteiger partial charge in [0.25, 0.3) is 5.91 Å². The maximum atomic E-state index is 12.3. The molecular formula is C23H16Br2INO4. The lowest BCUT2D eigenvalue weighted by atomic mass is 10.1. The molecule has 0 radical (unpaired) electrons. The zero-order valence-electron chi connectivity index (χ0n) is 15.9. The second-order valence-electron chi connectivity index (χ2n) is 6.38. The van der Waals surface area contributed by atoms with Gasteiger partial charge in [0.1, 0.15) is 18.1 Å². The summed E-state index contributed by atoms with van der Waals surface area (Å²) in [5.41, 5.74) is 1.77. The number of amides is 1. The van der Waals surface area contributed by atoms with E-state index in [1.807, 2.05) is 24.3 Å². The fourth-order valence-electron chi connectivity index (χ4n) is 2.67. The summed E-state index contributed by atoms with van der Waals surface area (Å²) in [4.78, 5) is 24.0. The molecule has 0 saturated heterocycles. The Balaban J connectivity index is 1.81. The number of ether oxygens (including phenoxy) is 1. The maximum absolute atomic E-state index is 12.3. The first kappa shape index (κ1) is 23.5. The normalized spacial score (nSPS) is 11.1. The Bertz CT molecular complexity index is 1130. The van der Waals surface area contributed by atoms with Gasteiger partial charge in [-0.2, -0.15) is 0 Å². The van der Waals surface area contributed by atoms with E-state index >= 15 is 0 Å². The predicted molar refractivity (Wildman–Crippen MR) is 135 cm³/mol.